The number of benzene rings is 2. The van der Waals surface area contributed by atoms with Crippen LogP contribution >= 0.6 is 11.6 Å². The highest BCUT2D eigenvalue weighted by Crippen LogP contribution is 2.25. The van der Waals surface area contributed by atoms with Gasteiger partial charge in [0.05, 0.1) is 24.4 Å². The predicted octanol–water partition coefficient (Wildman–Crippen LogP) is 2.99. The second-order valence-electron chi connectivity index (χ2n) is 8.04. The summed E-state index contributed by atoms with van der Waals surface area (Å²) in [5.41, 5.74) is 3.97. The van der Waals surface area contributed by atoms with E-state index in [1.165, 1.54) is 18.3 Å². The molecule has 3 rings (SSSR count). The minimum atomic E-state index is -0.843. The molecular formula is C23H26ClN5O5. The Morgan fingerprint density at radius 1 is 1.18 bits per heavy atom. The van der Waals surface area contributed by atoms with Gasteiger partial charge in [-0.2, -0.15) is 5.10 Å². The summed E-state index contributed by atoms with van der Waals surface area (Å²) in [5, 5.41) is 18.5. The van der Waals surface area contributed by atoms with Gasteiger partial charge in [0.25, 0.3) is 17.5 Å². The number of rotatable bonds is 8. The molecule has 180 valence electrons. The van der Waals surface area contributed by atoms with E-state index in [1.807, 2.05) is 4.90 Å². The Morgan fingerprint density at radius 2 is 1.85 bits per heavy atom. The molecule has 1 heterocycles. The summed E-state index contributed by atoms with van der Waals surface area (Å²) in [5.74, 6) is -1.14. The van der Waals surface area contributed by atoms with Gasteiger partial charge in [0.2, 0.25) is 0 Å². The molecule has 1 aliphatic rings. The lowest BCUT2D eigenvalue weighted by atomic mass is 10.0. The average molecular weight is 488 g/mol. The minimum absolute atomic E-state index is 0.0833. The van der Waals surface area contributed by atoms with E-state index in [-0.39, 0.29) is 11.6 Å². The smallest absolute Gasteiger partial charge is 0.270 e. The Balaban J connectivity index is 1.73. The molecule has 1 aliphatic heterocycles. The first-order chi connectivity index (χ1) is 16.3. The Labute approximate surface area is 202 Å². The summed E-state index contributed by atoms with van der Waals surface area (Å²) >= 11 is 5.86. The second-order valence-corrected chi connectivity index (χ2v) is 8.47. The molecule has 11 heteroatoms. The van der Waals surface area contributed by atoms with E-state index in [0.717, 1.165) is 5.69 Å². The molecule has 0 spiro atoms. The number of hydrogen-bond acceptors (Lipinski definition) is 7. The summed E-state index contributed by atoms with van der Waals surface area (Å²) in [6, 6.07) is 9.98. The summed E-state index contributed by atoms with van der Waals surface area (Å²) in [4.78, 5) is 38.1. The number of amides is 2. The molecule has 2 N–H and O–H groups in total. The van der Waals surface area contributed by atoms with Crippen LogP contribution in [0.4, 0.5) is 11.4 Å². The van der Waals surface area contributed by atoms with Gasteiger partial charge in [-0.3, -0.25) is 19.7 Å². The summed E-state index contributed by atoms with van der Waals surface area (Å²) < 4.78 is 5.37. The number of morpholine rings is 1. The summed E-state index contributed by atoms with van der Waals surface area (Å²) in [7, 11) is 0. The highest BCUT2D eigenvalue weighted by Gasteiger charge is 2.25. The number of non-ortho nitro benzene ring substituents is 1. The van der Waals surface area contributed by atoms with Gasteiger partial charge in [-0.05, 0) is 36.2 Å². The van der Waals surface area contributed by atoms with Gasteiger partial charge in [-0.15, -0.1) is 0 Å². The van der Waals surface area contributed by atoms with Crippen LogP contribution in [0.1, 0.15) is 29.8 Å². The van der Waals surface area contributed by atoms with Crippen LogP contribution in [0.2, 0.25) is 5.02 Å². The Kier molecular flexibility index (Phi) is 8.55. The van der Waals surface area contributed by atoms with E-state index in [2.05, 4.69) is 15.8 Å². The number of ether oxygens (including phenoxy) is 1. The lowest BCUT2D eigenvalue weighted by Crippen LogP contribution is -2.48. The molecular weight excluding hydrogens is 462 g/mol. The number of halogens is 1. The summed E-state index contributed by atoms with van der Waals surface area (Å²) in [6.45, 7) is 5.97. The maximum Gasteiger partial charge on any atom is 0.270 e. The Hall–Kier alpha value is -3.50. The molecule has 1 fully saturated rings. The summed E-state index contributed by atoms with van der Waals surface area (Å²) in [6.07, 6.45) is 1.37. The van der Waals surface area contributed by atoms with Crippen molar-refractivity contribution in [3.63, 3.8) is 0 Å². The number of carbonyl (C=O) groups excluding carboxylic acids is 2. The van der Waals surface area contributed by atoms with Crippen LogP contribution in [-0.2, 0) is 9.53 Å². The third kappa shape index (κ3) is 6.52. The molecule has 0 bridgehead atoms. The fourth-order valence-corrected chi connectivity index (χ4v) is 3.57. The van der Waals surface area contributed by atoms with Crippen molar-refractivity contribution in [3.05, 3.63) is 68.7 Å². The van der Waals surface area contributed by atoms with Crippen molar-refractivity contribution in [3.8, 4) is 0 Å². The standard InChI is InChI=1S/C23H26ClN5O5/c1-15(2)21(26-22(30)16-3-5-18(24)6-4-16)23(31)27-25-14-17-13-19(29(32)33)7-8-20(17)28-9-11-34-12-10-28/h3-8,13-15,21H,9-12H2,1-2H3,(H,26,30)(H,27,31). The minimum Gasteiger partial charge on any atom is -0.378 e. The molecule has 1 unspecified atom stereocenters. The van der Waals surface area contributed by atoms with E-state index in [9.17, 15) is 19.7 Å². The normalized spacial score (nSPS) is 14.8. The number of nitrogens with one attached hydrogen (secondary N) is 2. The third-order valence-electron chi connectivity index (χ3n) is 5.29. The van der Waals surface area contributed by atoms with Gasteiger partial charge in [-0.1, -0.05) is 25.4 Å². The average Bonchev–Trinajstić information content (AvgIpc) is 2.83. The Morgan fingerprint density at radius 3 is 2.47 bits per heavy atom. The number of nitrogens with zero attached hydrogens (tertiary/aromatic N) is 3. The maximum atomic E-state index is 12.8. The maximum absolute atomic E-state index is 12.8. The second kappa shape index (κ2) is 11.6. The van der Waals surface area contributed by atoms with Crippen LogP contribution in [0.3, 0.4) is 0 Å². The van der Waals surface area contributed by atoms with Crippen molar-refractivity contribution in [2.75, 3.05) is 31.2 Å². The van der Waals surface area contributed by atoms with Crippen molar-refractivity contribution in [2.24, 2.45) is 11.0 Å². The van der Waals surface area contributed by atoms with Crippen molar-refractivity contribution in [1.29, 1.82) is 0 Å². The quantitative estimate of drug-likeness (QED) is 0.335. The third-order valence-corrected chi connectivity index (χ3v) is 5.55. The van der Waals surface area contributed by atoms with Crippen molar-refractivity contribution in [2.45, 2.75) is 19.9 Å². The monoisotopic (exact) mass is 487 g/mol. The first kappa shape index (κ1) is 25.1. The zero-order chi connectivity index (χ0) is 24.7. The zero-order valence-electron chi connectivity index (χ0n) is 18.9. The van der Waals surface area contributed by atoms with Crippen LogP contribution in [0.25, 0.3) is 0 Å². The number of hydrogen-bond donors (Lipinski definition) is 2. The van der Waals surface area contributed by atoms with E-state index in [0.29, 0.717) is 42.5 Å². The van der Waals surface area contributed by atoms with Crippen molar-refractivity contribution < 1.29 is 19.2 Å². The number of nitro benzene ring substituents is 1. The van der Waals surface area contributed by atoms with Gasteiger partial charge < -0.3 is 15.0 Å². The molecule has 2 amide bonds. The highest BCUT2D eigenvalue weighted by atomic mass is 35.5. The number of carbonyl (C=O) groups is 2. The zero-order valence-corrected chi connectivity index (χ0v) is 19.6. The van der Waals surface area contributed by atoms with Crippen LogP contribution in [-0.4, -0.2) is 55.3 Å². The van der Waals surface area contributed by atoms with Crippen molar-refractivity contribution >= 4 is 41.0 Å². The molecule has 2 aromatic rings. The first-order valence-corrected chi connectivity index (χ1v) is 11.1. The molecule has 0 radical (unpaired) electrons. The largest absolute Gasteiger partial charge is 0.378 e. The molecule has 34 heavy (non-hydrogen) atoms. The van der Waals surface area contributed by atoms with E-state index < -0.39 is 22.8 Å². The topological polar surface area (TPSA) is 126 Å². The van der Waals surface area contributed by atoms with Gasteiger partial charge in [-0.25, -0.2) is 5.43 Å². The predicted molar refractivity (Wildman–Crippen MR) is 129 cm³/mol. The van der Waals surface area contributed by atoms with Crippen molar-refractivity contribution in [1.82, 2.24) is 10.7 Å². The number of anilines is 1. The van der Waals surface area contributed by atoms with Crippen LogP contribution in [0.15, 0.2) is 47.6 Å². The first-order valence-electron chi connectivity index (χ1n) is 10.8. The fraction of sp³-hybridized carbons (Fsp3) is 0.348. The molecule has 10 nitrogen and oxygen atoms in total. The van der Waals surface area contributed by atoms with Crippen LogP contribution in [0, 0.1) is 16.0 Å². The van der Waals surface area contributed by atoms with Gasteiger partial charge in [0.15, 0.2) is 0 Å². The molecule has 0 aromatic heterocycles. The molecule has 0 saturated carbocycles. The molecule has 1 atom stereocenters. The van der Waals surface area contributed by atoms with E-state index in [1.54, 1.807) is 44.2 Å². The van der Waals surface area contributed by atoms with Gasteiger partial charge in [0.1, 0.15) is 6.04 Å². The molecule has 2 aromatic carbocycles. The fourth-order valence-electron chi connectivity index (χ4n) is 3.45. The van der Waals surface area contributed by atoms with E-state index in [4.69, 9.17) is 16.3 Å². The molecule has 1 saturated heterocycles. The Bertz CT molecular complexity index is 1070. The SMILES string of the molecule is CC(C)C(NC(=O)c1ccc(Cl)cc1)C(=O)NN=Cc1cc([N+](=O)[O-])ccc1N1CCOCC1. The highest BCUT2D eigenvalue weighted by molar-refractivity contribution is 6.30. The van der Waals surface area contributed by atoms with Gasteiger partial charge >= 0.3 is 0 Å². The lowest BCUT2D eigenvalue weighted by molar-refractivity contribution is -0.384. The number of nitro groups is 1. The number of hydrazone groups is 1. The van der Waals surface area contributed by atoms with Crippen LogP contribution in [0.5, 0.6) is 0 Å². The van der Waals surface area contributed by atoms with Crippen LogP contribution < -0.4 is 15.6 Å². The lowest BCUT2D eigenvalue weighted by Gasteiger charge is -2.29. The van der Waals surface area contributed by atoms with E-state index >= 15 is 0 Å². The molecule has 0 aliphatic carbocycles. The van der Waals surface area contributed by atoms with Gasteiger partial charge in [0, 0.05) is 47.1 Å².